The second-order valence-corrected chi connectivity index (χ2v) is 15.9. The lowest BCUT2D eigenvalue weighted by Crippen LogP contribution is -2.66. The third-order valence-electron chi connectivity index (χ3n) is 11.9. The maximum atomic E-state index is 12.9. The van der Waals surface area contributed by atoms with Crippen LogP contribution >= 0.6 is 11.6 Å². The molecule has 4 N–H and O–H groups in total. The fraction of sp³-hybridized carbons (Fsp3) is 0.944. The molecule has 0 bridgehead atoms. The Morgan fingerprint density at radius 3 is 2.54 bits per heavy atom. The summed E-state index contributed by atoms with van der Waals surface area (Å²) >= 11 is 7.07. The summed E-state index contributed by atoms with van der Waals surface area (Å²) in [6.07, 6.45) is 15.4. The van der Waals surface area contributed by atoms with Crippen molar-refractivity contribution in [2.75, 3.05) is 46.9 Å². The van der Waals surface area contributed by atoms with Crippen LogP contribution < -0.4 is 21.3 Å². The van der Waals surface area contributed by atoms with Gasteiger partial charge in [-0.1, -0.05) is 32.1 Å². The van der Waals surface area contributed by atoms with E-state index in [0.717, 1.165) is 70.1 Å². The van der Waals surface area contributed by atoms with Gasteiger partial charge in [-0.2, -0.15) is 5.26 Å². The minimum absolute atomic E-state index is 0.0213. The van der Waals surface area contributed by atoms with Gasteiger partial charge in [0.2, 0.25) is 5.91 Å². The molecule has 2 saturated heterocycles. The molecule has 3 saturated carbocycles. The van der Waals surface area contributed by atoms with Crippen LogP contribution in [0.25, 0.3) is 0 Å². The van der Waals surface area contributed by atoms with Crippen molar-refractivity contribution in [1.29, 1.82) is 5.26 Å². The highest BCUT2D eigenvalue weighted by Gasteiger charge is 2.47. The molecule has 46 heavy (non-hydrogen) atoms. The predicted octanol–water partition coefficient (Wildman–Crippen LogP) is 4.19. The van der Waals surface area contributed by atoms with Crippen LogP contribution in [0.4, 0.5) is 0 Å². The minimum atomic E-state index is -0.127. The van der Waals surface area contributed by atoms with Gasteiger partial charge in [-0.05, 0) is 103 Å². The molecule has 0 radical (unpaired) electrons. The van der Waals surface area contributed by atoms with Crippen LogP contribution in [-0.2, 0) is 14.3 Å². The number of fused-ring (bicyclic) bond motifs is 1. The van der Waals surface area contributed by atoms with Gasteiger partial charge in [0.15, 0.2) is 0 Å². The molecular weight excluding hydrogens is 600 g/mol. The SMILES string of the molecule is CCOC1CC2NCC(C#N)C(NC3CCC(OCC4NCCCC4C4CCCCC4)C(Cl)C3)C2CC1NC(=O)CCCN(C)C. The first-order valence-corrected chi connectivity index (χ1v) is 19.2. The van der Waals surface area contributed by atoms with E-state index in [0.29, 0.717) is 25.6 Å². The highest BCUT2D eigenvalue weighted by Crippen LogP contribution is 2.38. The lowest BCUT2D eigenvalue weighted by Gasteiger charge is -2.50. The van der Waals surface area contributed by atoms with E-state index in [-0.39, 0.29) is 59.5 Å². The fourth-order valence-electron chi connectivity index (χ4n) is 9.50. The Kier molecular flexibility index (Phi) is 14.3. The maximum Gasteiger partial charge on any atom is 0.220 e. The molecule has 0 aromatic carbocycles. The van der Waals surface area contributed by atoms with Gasteiger partial charge in [-0.25, -0.2) is 0 Å². The summed E-state index contributed by atoms with van der Waals surface area (Å²) in [7, 11) is 4.07. The third kappa shape index (κ3) is 9.80. The van der Waals surface area contributed by atoms with Crippen LogP contribution in [0.3, 0.4) is 0 Å². The predicted molar refractivity (Wildman–Crippen MR) is 184 cm³/mol. The molecule has 2 aliphatic heterocycles. The van der Waals surface area contributed by atoms with E-state index in [4.69, 9.17) is 21.1 Å². The van der Waals surface area contributed by atoms with E-state index in [1.807, 2.05) is 21.0 Å². The number of ether oxygens (including phenoxy) is 2. The number of hydrogen-bond donors (Lipinski definition) is 4. The van der Waals surface area contributed by atoms with Gasteiger partial charge in [-0.3, -0.25) is 4.79 Å². The van der Waals surface area contributed by atoms with E-state index >= 15 is 0 Å². The van der Waals surface area contributed by atoms with Crippen molar-refractivity contribution in [2.45, 2.75) is 145 Å². The van der Waals surface area contributed by atoms with Crippen LogP contribution in [0, 0.1) is 35.0 Å². The van der Waals surface area contributed by atoms with Crippen molar-refractivity contribution in [3.8, 4) is 6.07 Å². The second-order valence-electron chi connectivity index (χ2n) is 15.3. The highest BCUT2D eigenvalue weighted by molar-refractivity contribution is 6.21. The van der Waals surface area contributed by atoms with Crippen LogP contribution in [0.5, 0.6) is 0 Å². The average molecular weight is 663 g/mol. The molecule has 11 atom stereocenters. The van der Waals surface area contributed by atoms with Gasteiger partial charge in [-0.15, -0.1) is 11.6 Å². The number of alkyl halides is 1. The third-order valence-corrected chi connectivity index (χ3v) is 12.4. The zero-order valence-electron chi connectivity index (χ0n) is 28.9. The number of nitrogens with zero attached hydrogens (tertiary/aromatic N) is 2. The maximum absolute atomic E-state index is 12.9. The van der Waals surface area contributed by atoms with Gasteiger partial charge in [0.25, 0.3) is 0 Å². The summed E-state index contributed by atoms with van der Waals surface area (Å²) in [5, 5.41) is 24.9. The molecular formula is C36H63ClN6O3. The Balaban J connectivity index is 1.15. The molecule has 0 aromatic rings. The number of piperidine rings is 2. The highest BCUT2D eigenvalue weighted by atomic mass is 35.5. The minimum Gasteiger partial charge on any atom is -0.376 e. The van der Waals surface area contributed by atoms with Crippen molar-refractivity contribution in [1.82, 2.24) is 26.2 Å². The van der Waals surface area contributed by atoms with Gasteiger partial charge >= 0.3 is 0 Å². The first-order chi connectivity index (χ1) is 22.4. The van der Waals surface area contributed by atoms with Crippen LogP contribution in [0.15, 0.2) is 0 Å². The Morgan fingerprint density at radius 2 is 1.80 bits per heavy atom. The lowest BCUT2D eigenvalue weighted by molar-refractivity contribution is -0.124. The number of nitriles is 1. The molecule has 10 heteroatoms. The summed E-state index contributed by atoms with van der Waals surface area (Å²) < 4.78 is 12.8. The molecule has 11 unspecified atom stereocenters. The van der Waals surface area contributed by atoms with Crippen molar-refractivity contribution >= 4 is 17.5 Å². The summed E-state index contributed by atoms with van der Waals surface area (Å²) in [6, 6.07) is 3.58. The Labute approximate surface area is 284 Å². The Hall–Kier alpha value is -0.990. The molecule has 1 amide bonds. The van der Waals surface area contributed by atoms with Crippen molar-refractivity contribution in [3.63, 3.8) is 0 Å². The molecule has 9 nitrogen and oxygen atoms in total. The monoisotopic (exact) mass is 662 g/mol. The fourth-order valence-corrected chi connectivity index (χ4v) is 9.91. The van der Waals surface area contributed by atoms with Gasteiger partial charge < -0.3 is 35.6 Å². The summed E-state index contributed by atoms with van der Waals surface area (Å²) in [5.41, 5.74) is 0. The van der Waals surface area contributed by atoms with E-state index in [2.05, 4.69) is 32.2 Å². The molecule has 0 spiro atoms. The van der Waals surface area contributed by atoms with E-state index in [1.165, 1.54) is 44.9 Å². The van der Waals surface area contributed by atoms with Gasteiger partial charge in [0, 0.05) is 43.7 Å². The van der Waals surface area contributed by atoms with Crippen LogP contribution in [0.2, 0.25) is 0 Å². The second kappa shape index (κ2) is 18.1. The topological polar surface area (TPSA) is 111 Å². The summed E-state index contributed by atoms with van der Waals surface area (Å²) in [5.74, 6) is 1.79. The normalized spacial score (nSPS) is 39.0. The summed E-state index contributed by atoms with van der Waals surface area (Å²) in [6.45, 7) is 6.08. The molecule has 0 aromatic heterocycles. The van der Waals surface area contributed by atoms with Crippen molar-refractivity contribution in [2.24, 2.45) is 23.7 Å². The van der Waals surface area contributed by atoms with Crippen LogP contribution in [0.1, 0.15) is 96.8 Å². The number of carbonyl (C=O) groups excluding carboxylic acids is 1. The first-order valence-electron chi connectivity index (χ1n) is 18.8. The number of carbonyl (C=O) groups is 1. The smallest absolute Gasteiger partial charge is 0.220 e. The zero-order valence-corrected chi connectivity index (χ0v) is 29.6. The van der Waals surface area contributed by atoms with Crippen LogP contribution in [-0.4, -0.2) is 106 Å². The average Bonchev–Trinajstić information content (AvgIpc) is 3.05. The zero-order chi connectivity index (χ0) is 32.5. The molecule has 262 valence electrons. The molecule has 5 fully saturated rings. The van der Waals surface area contributed by atoms with Gasteiger partial charge in [0.05, 0.1) is 42.2 Å². The van der Waals surface area contributed by atoms with Crippen molar-refractivity contribution < 1.29 is 14.3 Å². The largest absolute Gasteiger partial charge is 0.376 e. The van der Waals surface area contributed by atoms with E-state index < -0.39 is 0 Å². The Bertz CT molecular complexity index is 976. The van der Waals surface area contributed by atoms with Crippen molar-refractivity contribution in [3.05, 3.63) is 0 Å². The Morgan fingerprint density at radius 1 is 0.978 bits per heavy atom. The molecule has 3 aliphatic carbocycles. The quantitative estimate of drug-likeness (QED) is 0.218. The molecule has 5 rings (SSSR count). The van der Waals surface area contributed by atoms with E-state index in [1.54, 1.807) is 0 Å². The summed E-state index contributed by atoms with van der Waals surface area (Å²) in [4.78, 5) is 15.1. The molecule has 2 heterocycles. The first kappa shape index (κ1) is 36.3. The molecule has 5 aliphatic rings. The number of halogens is 1. The standard InChI is InChI=1S/C36H63ClN6O3/c1-4-45-34-20-30-28(19-31(34)42-35(44)13-9-17-43(2)3)36(25(21-38)22-40-30)41-26-14-15-33(29(37)18-26)46-23-32-27(12-8-16-39-32)24-10-6-5-7-11-24/h24-34,36,39-41H,4-20,22-23H2,1-3H3,(H,42,44). The number of nitrogens with one attached hydrogen (secondary N) is 4. The van der Waals surface area contributed by atoms with E-state index in [9.17, 15) is 10.1 Å². The number of amides is 1. The lowest BCUT2D eigenvalue weighted by atomic mass is 9.69. The number of rotatable bonds is 13. The number of hydrogen-bond acceptors (Lipinski definition) is 8. The van der Waals surface area contributed by atoms with Gasteiger partial charge in [0.1, 0.15) is 0 Å².